The number of hydrogen-bond acceptors (Lipinski definition) is 4. The molecule has 0 amide bonds. The second-order valence-electron chi connectivity index (χ2n) is 3.87. The van der Waals surface area contributed by atoms with E-state index in [0.717, 1.165) is 24.3 Å². The second-order valence-corrected chi connectivity index (χ2v) is 3.87. The molecule has 0 aliphatic carbocycles. The lowest BCUT2D eigenvalue weighted by Gasteiger charge is -2.26. The molecule has 0 saturated heterocycles. The molecule has 90 valence electrons. The van der Waals surface area contributed by atoms with Gasteiger partial charge < -0.3 is 20.8 Å². The molecule has 0 fully saturated rings. The summed E-state index contributed by atoms with van der Waals surface area (Å²) in [6.45, 7) is 3.15. The Morgan fingerprint density at radius 1 is 1.31 bits per heavy atom. The highest BCUT2D eigenvalue weighted by atomic mass is 16.3. The number of nitrogens with zero attached hydrogens (tertiary/aromatic N) is 1. The normalized spacial score (nSPS) is 12.4. The fraction of sp³-hybridized carbons (Fsp3) is 0.500. The Morgan fingerprint density at radius 3 is 2.44 bits per heavy atom. The molecule has 0 aliphatic rings. The van der Waals surface area contributed by atoms with Gasteiger partial charge in [-0.3, -0.25) is 0 Å². The number of hydrogen-bond donors (Lipinski definition) is 3. The lowest BCUT2D eigenvalue weighted by atomic mass is 10.2. The van der Waals surface area contributed by atoms with Gasteiger partial charge in [0.05, 0.1) is 12.7 Å². The molecular weight excluding hydrogens is 204 g/mol. The van der Waals surface area contributed by atoms with Crippen LogP contribution in [0.4, 0.5) is 11.4 Å². The summed E-state index contributed by atoms with van der Waals surface area (Å²) < 4.78 is 0. The Balaban J connectivity index is 2.72. The molecule has 0 saturated carbocycles. The van der Waals surface area contributed by atoms with Crippen LogP contribution in [0.3, 0.4) is 0 Å². The maximum absolute atomic E-state index is 9.45. The molecule has 1 unspecified atom stereocenters. The lowest BCUT2D eigenvalue weighted by Crippen LogP contribution is -2.34. The number of rotatable bonds is 6. The van der Waals surface area contributed by atoms with Crippen molar-refractivity contribution >= 4 is 11.4 Å². The molecule has 0 radical (unpaired) electrons. The summed E-state index contributed by atoms with van der Waals surface area (Å²) in [5.74, 6) is 0. The minimum absolute atomic E-state index is 0.213. The molecule has 1 atom stereocenters. The third-order valence-electron chi connectivity index (χ3n) is 2.39. The molecule has 0 aromatic heterocycles. The quantitative estimate of drug-likeness (QED) is 0.626. The van der Waals surface area contributed by atoms with Crippen molar-refractivity contribution in [3.63, 3.8) is 0 Å². The van der Waals surface area contributed by atoms with E-state index in [0.29, 0.717) is 6.54 Å². The summed E-state index contributed by atoms with van der Waals surface area (Å²) >= 11 is 0. The van der Waals surface area contributed by atoms with Crippen molar-refractivity contribution in [3.8, 4) is 0 Å². The van der Waals surface area contributed by atoms with Crippen LogP contribution >= 0.6 is 0 Å². The van der Waals surface area contributed by atoms with Crippen LogP contribution in [0.2, 0.25) is 0 Å². The van der Waals surface area contributed by atoms with Crippen LogP contribution in [-0.4, -0.2) is 36.0 Å². The monoisotopic (exact) mass is 224 g/mol. The number of aliphatic hydroxyl groups is 2. The van der Waals surface area contributed by atoms with Crippen molar-refractivity contribution in [3.05, 3.63) is 24.3 Å². The van der Waals surface area contributed by atoms with E-state index in [-0.39, 0.29) is 6.61 Å². The molecular formula is C12H20N2O2. The Hall–Kier alpha value is -1.26. The van der Waals surface area contributed by atoms with Crippen molar-refractivity contribution in [2.24, 2.45) is 0 Å². The van der Waals surface area contributed by atoms with Gasteiger partial charge in [-0.1, -0.05) is 6.92 Å². The molecule has 1 aromatic rings. The van der Waals surface area contributed by atoms with Crippen LogP contribution in [-0.2, 0) is 0 Å². The van der Waals surface area contributed by atoms with E-state index in [4.69, 9.17) is 10.8 Å². The van der Waals surface area contributed by atoms with Gasteiger partial charge >= 0.3 is 0 Å². The molecule has 4 nitrogen and oxygen atoms in total. The van der Waals surface area contributed by atoms with Gasteiger partial charge in [-0.2, -0.15) is 0 Å². The van der Waals surface area contributed by atoms with E-state index < -0.39 is 6.10 Å². The van der Waals surface area contributed by atoms with Gasteiger partial charge in [-0.25, -0.2) is 0 Å². The van der Waals surface area contributed by atoms with Crippen molar-refractivity contribution in [1.82, 2.24) is 0 Å². The first-order chi connectivity index (χ1) is 7.67. The third-order valence-corrected chi connectivity index (χ3v) is 2.39. The van der Waals surface area contributed by atoms with Gasteiger partial charge in [0.25, 0.3) is 0 Å². The summed E-state index contributed by atoms with van der Waals surface area (Å²) in [6, 6.07) is 7.52. The van der Waals surface area contributed by atoms with E-state index in [9.17, 15) is 5.11 Å². The zero-order valence-corrected chi connectivity index (χ0v) is 9.63. The maximum Gasteiger partial charge on any atom is 0.0945 e. The van der Waals surface area contributed by atoms with E-state index in [2.05, 4.69) is 6.92 Å². The fourth-order valence-electron chi connectivity index (χ4n) is 1.59. The molecule has 4 heteroatoms. The molecule has 1 rings (SSSR count). The predicted octanol–water partition coefficient (Wildman–Crippen LogP) is 0.838. The van der Waals surface area contributed by atoms with Crippen molar-refractivity contribution in [1.29, 1.82) is 0 Å². The third kappa shape index (κ3) is 3.72. The second kappa shape index (κ2) is 6.35. The number of benzene rings is 1. The number of nitrogen functional groups attached to an aromatic ring is 1. The average molecular weight is 224 g/mol. The standard InChI is InChI=1S/C12H20N2O2/c1-2-7-14(8-12(16)9-15)11-5-3-10(13)4-6-11/h3-6,12,15-16H,2,7-9,13H2,1H3. The summed E-state index contributed by atoms with van der Waals surface area (Å²) in [5.41, 5.74) is 7.36. The van der Waals surface area contributed by atoms with E-state index in [1.807, 2.05) is 29.2 Å². The zero-order chi connectivity index (χ0) is 12.0. The van der Waals surface area contributed by atoms with Gasteiger partial charge in [0, 0.05) is 24.5 Å². The van der Waals surface area contributed by atoms with Crippen molar-refractivity contribution in [2.75, 3.05) is 30.3 Å². The summed E-state index contributed by atoms with van der Waals surface area (Å²) in [4.78, 5) is 2.04. The van der Waals surface area contributed by atoms with Gasteiger partial charge in [-0.15, -0.1) is 0 Å². The van der Waals surface area contributed by atoms with Crippen molar-refractivity contribution < 1.29 is 10.2 Å². The molecule has 0 bridgehead atoms. The number of nitrogens with two attached hydrogens (primary N) is 1. The lowest BCUT2D eigenvalue weighted by molar-refractivity contribution is 0.0998. The van der Waals surface area contributed by atoms with Crippen LogP contribution < -0.4 is 10.6 Å². The molecule has 0 heterocycles. The highest BCUT2D eigenvalue weighted by Gasteiger charge is 2.10. The fourth-order valence-corrected chi connectivity index (χ4v) is 1.59. The molecule has 1 aromatic carbocycles. The summed E-state index contributed by atoms with van der Waals surface area (Å²) in [5, 5.41) is 18.3. The summed E-state index contributed by atoms with van der Waals surface area (Å²) in [7, 11) is 0. The minimum atomic E-state index is -0.705. The van der Waals surface area contributed by atoms with Gasteiger partial charge in [0.15, 0.2) is 0 Å². The Labute approximate surface area is 96.3 Å². The number of anilines is 2. The Morgan fingerprint density at radius 2 is 1.94 bits per heavy atom. The van der Waals surface area contributed by atoms with E-state index in [1.165, 1.54) is 0 Å². The molecule has 16 heavy (non-hydrogen) atoms. The maximum atomic E-state index is 9.45. The van der Waals surface area contributed by atoms with Gasteiger partial charge in [-0.05, 0) is 30.7 Å². The van der Waals surface area contributed by atoms with Crippen LogP contribution in [0.1, 0.15) is 13.3 Å². The van der Waals surface area contributed by atoms with Crippen LogP contribution in [0.5, 0.6) is 0 Å². The number of aliphatic hydroxyl groups excluding tert-OH is 2. The molecule has 4 N–H and O–H groups in total. The first-order valence-electron chi connectivity index (χ1n) is 5.56. The van der Waals surface area contributed by atoms with Crippen LogP contribution in [0.15, 0.2) is 24.3 Å². The Kier molecular flexibility index (Phi) is 5.08. The Bertz CT molecular complexity index is 300. The van der Waals surface area contributed by atoms with Crippen LogP contribution in [0, 0.1) is 0 Å². The summed E-state index contributed by atoms with van der Waals surface area (Å²) in [6.07, 6.45) is 0.284. The highest BCUT2D eigenvalue weighted by Crippen LogP contribution is 2.16. The average Bonchev–Trinajstić information content (AvgIpc) is 2.29. The minimum Gasteiger partial charge on any atom is -0.399 e. The van der Waals surface area contributed by atoms with Gasteiger partial charge in [0.1, 0.15) is 0 Å². The predicted molar refractivity (Wildman–Crippen MR) is 66.5 cm³/mol. The molecule has 0 aliphatic heterocycles. The topological polar surface area (TPSA) is 69.7 Å². The first kappa shape index (κ1) is 12.8. The largest absolute Gasteiger partial charge is 0.399 e. The van der Waals surface area contributed by atoms with Gasteiger partial charge in [0.2, 0.25) is 0 Å². The smallest absolute Gasteiger partial charge is 0.0945 e. The van der Waals surface area contributed by atoms with Crippen LogP contribution in [0.25, 0.3) is 0 Å². The zero-order valence-electron chi connectivity index (χ0n) is 9.63. The van der Waals surface area contributed by atoms with E-state index in [1.54, 1.807) is 0 Å². The molecule has 0 spiro atoms. The van der Waals surface area contributed by atoms with Crippen molar-refractivity contribution in [2.45, 2.75) is 19.4 Å². The SMILES string of the molecule is CCCN(CC(O)CO)c1ccc(N)cc1. The van der Waals surface area contributed by atoms with E-state index >= 15 is 0 Å². The first-order valence-corrected chi connectivity index (χ1v) is 5.56. The highest BCUT2D eigenvalue weighted by molar-refractivity contribution is 5.53.